The molecule has 1 aromatic carbocycles. The number of nitriles is 1. The van der Waals surface area contributed by atoms with Crippen molar-refractivity contribution in [1.29, 1.82) is 5.26 Å². The molecule has 14 nitrogen and oxygen atoms in total. The smallest absolute Gasteiger partial charge is 0.377 e. The molecule has 1 aliphatic carbocycles. The topological polar surface area (TPSA) is 168 Å². The predicted octanol–water partition coefficient (Wildman–Crippen LogP) is 5.08. The van der Waals surface area contributed by atoms with E-state index in [1.807, 2.05) is 0 Å². The van der Waals surface area contributed by atoms with E-state index in [2.05, 4.69) is 39.3 Å². The lowest BCUT2D eigenvalue weighted by molar-refractivity contribution is -0.138. The lowest BCUT2D eigenvalue weighted by Gasteiger charge is -2.44. The predicted molar refractivity (Wildman–Crippen MR) is 207 cm³/mol. The van der Waals surface area contributed by atoms with Crippen molar-refractivity contribution in [2.75, 3.05) is 38.1 Å². The monoisotopic (exact) mass is 826 g/mol. The van der Waals surface area contributed by atoms with Crippen molar-refractivity contribution in [3.05, 3.63) is 53.2 Å². The van der Waals surface area contributed by atoms with Gasteiger partial charge in [0.1, 0.15) is 11.4 Å². The number of hydrogen-bond acceptors (Lipinski definition) is 11. The summed E-state index contributed by atoms with van der Waals surface area (Å²) in [5.74, 6) is -0.979. The van der Waals surface area contributed by atoms with Gasteiger partial charge in [-0.05, 0) is 108 Å². The Morgan fingerprint density at radius 3 is 2.34 bits per heavy atom. The fourth-order valence-electron chi connectivity index (χ4n) is 8.49. The first-order valence-electron chi connectivity index (χ1n) is 19.5. The summed E-state index contributed by atoms with van der Waals surface area (Å²) in [7, 11) is 0. The van der Waals surface area contributed by atoms with Gasteiger partial charge >= 0.3 is 12.2 Å². The molecule has 4 aliphatic rings. The van der Waals surface area contributed by atoms with Crippen LogP contribution in [0.2, 0.25) is 0 Å². The lowest BCUT2D eigenvalue weighted by atomic mass is 9.76. The van der Waals surface area contributed by atoms with Gasteiger partial charge in [0.2, 0.25) is 17.7 Å². The number of piperazine rings is 1. The van der Waals surface area contributed by atoms with Crippen LogP contribution in [-0.2, 0) is 35.5 Å². The van der Waals surface area contributed by atoms with E-state index in [4.69, 9.17) is 10.00 Å². The number of anilines is 1. The number of hydrogen-bond donors (Lipinski definition) is 2. The second kappa shape index (κ2) is 17.0. The molecule has 6 amide bonds. The molecule has 6 rings (SSSR count). The summed E-state index contributed by atoms with van der Waals surface area (Å²) in [4.78, 5) is 74.6. The first-order chi connectivity index (χ1) is 27.3. The van der Waals surface area contributed by atoms with Gasteiger partial charge < -0.3 is 15.0 Å². The number of aromatic nitrogens is 1. The molecule has 0 unspecified atom stereocenters. The lowest BCUT2D eigenvalue weighted by Crippen LogP contribution is -2.58. The zero-order valence-electron chi connectivity index (χ0n) is 33.2. The average molecular weight is 827 g/mol. The van der Waals surface area contributed by atoms with Gasteiger partial charge in [0, 0.05) is 55.3 Å². The maximum atomic E-state index is 13.6. The average Bonchev–Trinajstić information content (AvgIpc) is 3.33. The van der Waals surface area contributed by atoms with Crippen LogP contribution in [0.5, 0.6) is 0 Å². The Morgan fingerprint density at radius 1 is 1.05 bits per heavy atom. The molecule has 18 heteroatoms. The summed E-state index contributed by atoms with van der Waals surface area (Å²) in [5, 5.41) is 14.4. The van der Waals surface area contributed by atoms with Crippen molar-refractivity contribution in [3.63, 3.8) is 0 Å². The molecular formula is C40H49F3N8O6S. The van der Waals surface area contributed by atoms with Crippen LogP contribution in [0, 0.1) is 11.3 Å². The summed E-state index contributed by atoms with van der Waals surface area (Å²) >= 11 is 0.631. The first-order valence-corrected chi connectivity index (χ1v) is 20.3. The van der Waals surface area contributed by atoms with Crippen molar-refractivity contribution < 1.29 is 41.9 Å². The standard InChI is InChI=1S/C40H49F3N8O6S/c1-24-21-48(22-25(2)49(24)23-34(53)46-32-13-7-27(20-45-32)39(5)15-14-33(52)47-35(39)54)16-17-57-29-10-8-28(9-11-29)50-37(56)51(36(55)38(50,3)4)58-30-12-6-26(19-44)31(18-30)40(41,42)43/h6-7,12-13,18,20,24-25,28-29H,8-11,14-17,21-23H2,1-5H3,(H,45,46,53)(H,47,52,54)/t24-,25+,28?,29?,39-/m0/s1. The van der Waals surface area contributed by atoms with Crippen LogP contribution in [0.15, 0.2) is 41.4 Å². The number of ether oxygens (including phenoxy) is 1. The highest BCUT2D eigenvalue weighted by Gasteiger charge is 2.55. The normalized spacial score (nSPS) is 27.1. The Kier molecular flexibility index (Phi) is 12.6. The number of nitrogens with one attached hydrogen (secondary N) is 2. The molecule has 3 atom stereocenters. The van der Waals surface area contributed by atoms with Crippen molar-refractivity contribution >= 4 is 47.4 Å². The van der Waals surface area contributed by atoms with E-state index < -0.39 is 40.2 Å². The number of imide groups is 2. The molecule has 4 heterocycles. The molecule has 3 saturated heterocycles. The maximum Gasteiger partial charge on any atom is 0.417 e. The molecule has 0 spiro atoms. The van der Waals surface area contributed by atoms with Gasteiger partial charge in [0.15, 0.2) is 0 Å². The summed E-state index contributed by atoms with van der Waals surface area (Å²) in [6, 6.07) is 7.46. The largest absolute Gasteiger partial charge is 0.417 e. The van der Waals surface area contributed by atoms with Crippen molar-refractivity contribution in [2.45, 2.75) is 119 Å². The third kappa shape index (κ3) is 9.02. The van der Waals surface area contributed by atoms with Gasteiger partial charge in [-0.15, -0.1) is 0 Å². The van der Waals surface area contributed by atoms with Gasteiger partial charge in [0.05, 0.1) is 41.9 Å². The molecule has 312 valence electrons. The minimum Gasteiger partial charge on any atom is -0.377 e. The van der Waals surface area contributed by atoms with Crippen LogP contribution in [0.3, 0.4) is 0 Å². The SMILES string of the molecule is C[C@@H]1CN(CCOC2CCC(N3C(=O)N(Sc4ccc(C#N)c(C(F)(F)F)c4)C(=O)C3(C)C)CC2)C[C@H](C)N1CC(=O)Nc1ccc([C@]2(C)CCC(=O)NC2=O)cn1. The number of rotatable bonds is 11. The molecular weight excluding hydrogens is 778 g/mol. The van der Waals surface area contributed by atoms with Gasteiger partial charge in [-0.2, -0.15) is 22.7 Å². The van der Waals surface area contributed by atoms with E-state index in [9.17, 15) is 37.1 Å². The number of alkyl halides is 3. The number of halogens is 3. The zero-order chi connectivity index (χ0) is 42.2. The minimum atomic E-state index is -4.77. The van der Waals surface area contributed by atoms with Gasteiger partial charge in [-0.3, -0.25) is 34.3 Å². The number of pyridine rings is 1. The van der Waals surface area contributed by atoms with Crippen LogP contribution >= 0.6 is 11.9 Å². The molecule has 2 aromatic rings. The Bertz CT molecular complexity index is 1960. The Morgan fingerprint density at radius 2 is 1.74 bits per heavy atom. The molecule has 3 aliphatic heterocycles. The fourth-order valence-corrected chi connectivity index (χ4v) is 9.47. The fraction of sp³-hybridized carbons (Fsp3) is 0.575. The molecule has 1 aromatic heterocycles. The number of carbonyl (C=O) groups is 5. The minimum absolute atomic E-state index is 0.0212. The summed E-state index contributed by atoms with van der Waals surface area (Å²) in [5.41, 5.74) is -3.05. The van der Waals surface area contributed by atoms with Crippen LogP contribution in [0.1, 0.15) is 89.8 Å². The Hall–Kier alpha value is -4.57. The highest BCUT2D eigenvalue weighted by atomic mass is 32.2. The van der Waals surface area contributed by atoms with Crippen LogP contribution in [0.4, 0.5) is 23.8 Å². The van der Waals surface area contributed by atoms with Crippen LogP contribution in [-0.4, -0.2) is 116 Å². The van der Waals surface area contributed by atoms with E-state index in [0.29, 0.717) is 68.6 Å². The van der Waals surface area contributed by atoms with E-state index in [0.717, 1.165) is 29.5 Å². The molecule has 4 fully saturated rings. The summed E-state index contributed by atoms with van der Waals surface area (Å²) in [6.07, 6.45) is -0.0129. The molecule has 0 bridgehead atoms. The first kappa shape index (κ1) is 43.0. The highest BCUT2D eigenvalue weighted by Crippen LogP contribution is 2.42. The van der Waals surface area contributed by atoms with Crippen LogP contribution < -0.4 is 10.6 Å². The van der Waals surface area contributed by atoms with Crippen molar-refractivity contribution in [2.24, 2.45) is 0 Å². The second-order valence-corrected chi connectivity index (χ2v) is 17.4. The van der Waals surface area contributed by atoms with E-state index in [1.54, 1.807) is 44.0 Å². The number of carbonyl (C=O) groups excluding carboxylic acids is 5. The van der Waals surface area contributed by atoms with E-state index in [-0.39, 0.29) is 59.8 Å². The number of nitrogens with zero attached hydrogens (tertiary/aromatic N) is 6. The number of urea groups is 1. The number of amides is 6. The van der Waals surface area contributed by atoms with E-state index in [1.165, 1.54) is 12.1 Å². The van der Waals surface area contributed by atoms with Gasteiger partial charge in [-0.1, -0.05) is 6.07 Å². The number of piperidine rings is 1. The van der Waals surface area contributed by atoms with Crippen LogP contribution in [0.25, 0.3) is 0 Å². The molecule has 2 N–H and O–H groups in total. The quantitative estimate of drug-likeness (QED) is 0.176. The van der Waals surface area contributed by atoms with Gasteiger partial charge in [0.25, 0.3) is 5.91 Å². The molecule has 0 radical (unpaired) electrons. The van der Waals surface area contributed by atoms with Gasteiger partial charge in [-0.25, -0.2) is 9.78 Å². The molecule has 58 heavy (non-hydrogen) atoms. The summed E-state index contributed by atoms with van der Waals surface area (Å²) < 4.78 is 47.9. The van der Waals surface area contributed by atoms with E-state index >= 15 is 0 Å². The third-order valence-electron chi connectivity index (χ3n) is 11.9. The van der Waals surface area contributed by atoms with Crippen molar-refractivity contribution in [1.82, 2.24) is 29.3 Å². The highest BCUT2D eigenvalue weighted by molar-refractivity contribution is 7.98. The second-order valence-electron chi connectivity index (χ2n) is 16.3. The zero-order valence-corrected chi connectivity index (χ0v) is 34.0. The third-order valence-corrected chi connectivity index (χ3v) is 12.8. The molecule has 1 saturated carbocycles. The Labute approximate surface area is 339 Å². The Balaban J connectivity index is 0.934. The number of benzene rings is 1. The summed E-state index contributed by atoms with van der Waals surface area (Å²) in [6.45, 7) is 12.1. The van der Waals surface area contributed by atoms with Crippen molar-refractivity contribution in [3.8, 4) is 6.07 Å². The maximum absolute atomic E-state index is 13.6.